The lowest BCUT2D eigenvalue weighted by Gasteiger charge is -2.36. The fourth-order valence-corrected chi connectivity index (χ4v) is 5.22. The molecule has 2 aromatic rings. The van der Waals surface area contributed by atoms with Gasteiger partial charge in [-0.3, -0.25) is 4.79 Å². The van der Waals surface area contributed by atoms with Crippen LogP contribution in [0.1, 0.15) is 24.2 Å². The van der Waals surface area contributed by atoms with Gasteiger partial charge in [0.2, 0.25) is 10.0 Å². The summed E-state index contributed by atoms with van der Waals surface area (Å²) >= 11 is 6.05. The topological polar surface area (TPSA) is 60.9 Å². The highest BCUT2D eigenvalue weighted by molar-refractivity contribution is 7.89. The van der Waals surface area contributed by atoms with Gasteiger partial charge >= 0.3 is 0 Å². The minimum atomic E-state index is -3.78. The lowest BCUT2D eigenvalue weighted by Crippen LogP contribution is -2.49. The largest absolute Gasteiger partial charge is 0.368 e. The highest BCUT2D eigenvalue weighted by atomic mass is 35.5. The van der Waals surface area contributed by atoms with Gasteiger partial charge in [0.1, 0.15) is 5.82 Å². The van der Waals surface area contributed by atoms with Gasteiger partial charge in [0.15, 0.2) is 0 Å². The number of anilines is 1. The number of piperazine rings is 1. The summed E-state index contributed by atoms with van der Waals surface area (Å²) in [4.78, 5) is 16.5. The fraction of sp³-hybridized carbons (Fsp3) is 0.381. The summed E-state index contributed by atoms with van der Waals surface area (Å²) in [6.07, 6.45) is 0. The Kier molecular flexibility index (Phi) is 7.00. The standard InChI is InChI=1S/C21H25ClFN3O3S/c1-3-26(4-2)30(28,29)18-8-9-20(23)19(15-18)21(27)25-12-10-24(11-13-25)17-7-5-6-16(22)14-17/h5-9,14-15H,3-4,10-13H2,1-2H3. The SMILES string of the molecule is CCN(CC)S(=O)(=O)c1ccc(F)c(C(=O)N2CCN(c3cccc(Cl)c3)CC2)c1. The summed E-state index contributed by atoms with van der Waals surface area (Å²) < 4.78 is 41.2. The first-order valence-corrected chi connectivity index (χ1v) is 11.7. The van der Waals surface area contributed by atoms with Crippen LogP contribution in [0.3, 0.4) is 0 Å². The average Bonchev–Trinajstić information content (AvgIpc) is 2.74. The normalized spacial score (nSPS) is 15.0. The van der Waals surface area contributed by atoms with E-state index in [9.17, 15) is 17.6 Å². The molecule has 0 saturated carbocycles. The number of amides is 1. The summed E-state index contributed by atoms with van der Waals surface area (Å²) in [5, 5.41) is 0.638. The minimum absolute atomic E-state index is 0.0755. The van der Waals surface area contributed by atoms with Crippen molar-refractivity contribution in [3.05, 3.63) is 58.9 Å². The average molecular weight is 454 g/mol. The van der Waals surface area contributed by atoms with Gasteiger partial charge in [-0.15, -0.1) is 0 Å². The Morgan fingerprint density at radius 3 is 2.33 bits per heavy atom. The number of carbonyl (C=O) groups excluding carboxylic acids is 1. The number of rotatable bonds is 6. The molecule has 9 heteroatoms. The summed E-state index contributed by atoms with van der Waals surface area (Å²) in [6.45, 7) is 6.01. The fourth-order valence-electron chi connectivity index (χ4n) is 3.55. The molecular weight excluding hydrogens is 429 g/mol. The zero-order valence-corrected chi connectivity index (χ0v) is 18.6. The van der Waals surface area contributed by atoms with Crippen molar-refractivity contribution in [2.24, 2.45) is 0 Å². The molecule has 0 bridgehead atoms. The van der Waals surface area contributed by atoms with E-state index in [2.05, 4.69) is 4.90 Å². The van der Waals surface area contributed by atoms with Crippen LogP contribution in [-0.4, -0.2) is 62.8 Å². The first-order valence-electron chi connectivity index (χ1n) is 9.87. The van der Waals surface area contributed by atoms with Crippen molar-refractivity contribution in [2.45, 2.75) is 18.7 Å². The van der Waals surface area contributed by atoms with Crippen LogP contribution in [0.5, 0.6) is 0 Å². The predicted molar refractivity (Wildman–Crippen MR) is 116 cm³/mol. The molecule has 1 amide bonds. The van der Waals surface area contributed by atoms with Crippen molar-refractivity contribution >= 4 is 33.2 Å². The van der Waals surface area contributed by atoms with E-state index >= 15 is 0 Å². The second-order valence-electron chi connectivity index (χ2n) is 6.99. The maximum Gasteiger partial charge on any atom is 0.256 e. The molecule has 30 heavy (non-hydrogen) atoms. The minimum Gasteiger partial charge on any atom is -0.368 e. The molecule has 0 unspecified atom stereocenters. The van der Waals surface area contributed by atoms with Crippen molar-refractivity contribution in [3.63, 3.8) is 0 Å². The van der Waals surface area contributed by atoms with Crippen molar-refractivity contribution in [1.82, 2.24) is 9.21 Å². The maximum atomic E-state index is 14.4. The summed E-state index contributed by atoms with van der Waals surface area (Å²) in [5.74, 6) is -1.23. The number of halogens is 2. The molecule has 6 nitrogen and oxygen atoms in total. The second-order valence-corrected chi connectivity index (χ2v) is 9.36. The van der Waals surface area contributed by atoms with E-state index in [4.69, 9.17) is 11.6 Å². The lowest BCUT2D eigenvalue weighted by atomic mass is 10.1. The third kappa shape index (κ3) is 4.61. The van der Waals surface area contributed by atoms with Crippen molar-refractivity contribution < 1.29 is 17.6 Å². The van der Waals surface area contributed by atoms with Crippen LogP contribution in [0.15, 0.2) is 47.4 Å². The molecule has 162 valence electrons. The van der Waals surface area contributed by atoms with E-state index in [-0.39, 0.29) is 10.5 Å². The smallest absolute Gasteiger partial charge is 0.256 e. The number of hydrogen-bond donors (Lipinski definition) is 0. The molecule has 0 aromatic heterocycles. The first kappa shape index (κ1) is 22.5. The third-order valence-electron chi connectivity index (χ3n) is 5.25. The molecule has 1 aliphatic heterocycles. The molecule has 1 aliphatic rings. The Balaban J connectivity index is 1.78. The van der Waals surface area contributed by atoms with Gasteiger partial charge in [-0.25, -0.2) is 12.8 Å². The van der Waals surface area contributed by atoms with Gasteiger partial charge in [-0.05, 0) is 36.4 Å². The lowest BCUT2D eigenvalue weighted by molar-refractivity contribution is 0.0741. The van der Waals surface area contributed by atoms with Crippen molar-refractivity contribution in [3.8, 4) is 0 Å². The third-order valence-corrected chi connectivity index (χ3v) is 7.53. The molecular formula is C21H25ClFN3O3S. The number of carbonyl (C=O) groups is 1. The highest BCUT2D eigenvalue weighted by Gasteiger charge is 2.28. The van der Waals surface area contributed by atoms with Gasteiger partial charge in [0.25, 0.3) is 5.91 Å². The van der Waals surface area contributed by atoms with Gasteiger partial charge in [-0.2, -0.15) is 4.31 Å². The van der Waals surface area contributed by atoms with E-state index in [1.54, 1.807) is 24.8 Å². The summed E-state index contributed by atoms with van der Waals surface area (Å²) in [7, 11) is -3.78. The van der Waals surface area contributed by atoms with Crippen LogP contribution in [0.2, 0.25) is 5.02 Å². The molecule has 1 heterocycles. The molecule has 0 atom stereocenters. The Labute approximate surface area is 181 Å². The van der Waals surface area contributed by atoms with E-state index in [1.807, 2.05) is 18.2 Å². The second kappa shape index (κ2) is 9.32. The number of benzene rings is 2. The van der Waals surface area contributed by atoms with Crippen LogP contribution in [0.25, 0.3) is 0 Å². The number of sulfonamides is 1. The quantitative estimate of drug-likeness (QED) is 0.672. The Morgan fingerprint density at radius 2 is 1.73 bits per heavy atom. The van der Waals surface area contributed by atoms with Gasteiger partial charge in [0.05, 0.1) is 10.5 Å². The molecule has 2 aromatic carbocycles. The molecule has 0 radical (unpaired) electrons. The van der Waals surface area contributed by atoms with Crippen molar-refractivity contribution in [1.29, 1.82) is 0 Å². The molecule has 1 fully saturated rings. The number of hydrogen-bond acceptors (Lipinski definition) is 4. The van der Waals surface area contributed by atoms with Crippen LogP contribution in [0.4, 0.5) is 10.1 Å². The van der Waals surface area contributed by atoms with Crippen LogP contribution in [0, 0.1) is 5.82 Å². The number of nitrogens with zero attached hydrogens (tertiary/aromatic N) is 3. The van der Waals surface area contributed by atoms with Crippen LogP contribution >= 0.6 is 11.6 Å². The zero-order valence-electron chi connectivity index (χ0n) is 17.0. The molecule has 0 N–H and O–H groups in total. The zero-order chi connectivity index (χ0) is 21.9. The maximum absolute atomic E-state index is 14.4. The Morgan fingerprint density at radius 1 is 1.07 bits per heavy atom. The molecule has 1 saturated heterocycles. The van der Waals surface area contributed by atoms with Crippen LogP contribution < -0.4 is 4.90 Å². The summed E-state index contributed by atoms with van der Waals surface area (Å²) in [6, 6.07) is 10.9. The van der Waals surface area contributed by atoms with E-state index in [0.29, 0.717) is 44.3 Å². The molecule has 3 rings (SSSR count). The van der Waals surface area contributed by atoms with Gasteiger partial charge in [-0.1, -0.05) is 31.5 Å². The predicted octanol–water partition coefficient (Wildman–Crippen LogP) is 3.47. The highest BCUT2D eigenvalue weighted by Crippen LogP contribution is 2.23. The van der Waals surface area contributed by atoms with E-state index in [0.717, 1.165) is 17.8 Å². The van der Waals surface area contributed by atoms with E-state index < -0.39 is 21.7 Å². The van der Waals surface area contributed by atoms with E-state index in [1.165, 1.54) is 10.4 Å². The summed E-state index contributed by atoms with van der Waals surface area (Å²) in [5.41, 5.74) is 0.743. The first-order chi connectivity index (χ1) is 14.3. The Hall–Kier alpha value is -2.16. The molecule has 0 spiro atoms. The van der Waals surface area contributed by atoms with Crippen LogP contribution in [-0.2, 0) is 10.0 Å². The molecule has 0 aliphatic carbocycles. The van der Waals surface area contributed by atoms with Crippen molar-refractivity contribution in [2.75, 3.05) is 44.2 Å². The van der Waals surface area contributed by atoms with Gasteiger partial charge < -0.3 is 9.80 Å². The van der Waals surface area contributed by atoms with Gasteiger partial charge in [0, 0.05) is 50.0 Å². The Bertz CT molecular complexity index is 1020. The monoisotopic (exact) mass is 453 g/mol.